The first-order chi connectivity index (χ1) is 7.72. The topological polar surface area (TPSA) is 77.2 Å². The van der Waals surface area contributed by atoms with Gasteiger partial charge in [0.05, 0.1) is 30.8 Å². The molecule has 0 fully saturated rings. The first-order valence-electron chi connectivity index (χ1n) is 4.50. The lowest BCUT2D eigenvalue weighted by molar-refractivity contribution is 0.0696. The maximum atomic E-state index is 11.0. The normalized spacial score (nSPS) is 10.1. The molecule has 6 heteroatoms. The molecular formula is C10H9N3O3. The van der Waals surface area contributed by atoms with E-state index in [0.717, 1.165) is 0 Å². The minimum atomic E-state index is -1.02. The minimum Gasteiger partial charge on any atom is -0.497 e. The number of methoxy groups -OCH3 is 1. The SMILES string of the molecule is COc1ccc(C(=O)O)c(-n2ccnn2)c1. The fraction of sp³-hybridized carbons (Fsp3) is 0.100. The van der Waals surface area contributed by atoms with E-state index in [9.17, 15) is 4.79 Å². The van der Waals surface area contributed by atoms with Gasteiger partial charge in [0.2, 0.25) is 0 Å². The predicted octanol–water partition coefficient (Wildman–Crippen LogP) is 0.974. The second-order valence-electron chi connectivity index (χ2n) is 3.04. The largest absolute Gasteiger partial charge is 0.497 e. The standard InChI is InChI=1S/C10H9N3O3/c1-16-7-2-3-8(10(14)15)9(6-7)13-5-4-11-12-13/h2-6H,1H3,(H,14,15). The zero-order valence-corrected chi connectivity index (χ0v) is 8.49. The van der Waals surface area contributed by atoms with E-state index in [1.54, 1.807) is 18.3 Å². The molecule has 0 bridgehead atoms. The summed E-state index contributed by atoms with van der Waals surface area (Å²) in [6, 6.07) is 4.65. The number of carboxylic acid groups (broad SMARTS) is 1. The van der Waals surface area contributed by atoms with Crippen LogP contribution in [-0.2, 0) is 0 Å². The molecule has 16 heavy (non-hydrogen) atoms. The van der Waals surface area contributed by atoms with E-state index >= 15 is 0 Å². The average Bonchev–Trinajstić information content (AvgIpc) is 2.81. The van der Waals surface area contributed by atoms with Crippen molar-refractivity contribution in [2.45, 2.75) is 0 Å². The smallest absolute Gasteiger partial charge is 0.337 e. The Bertz CT molecular complexity index is 508. The summed E-state index contributed by atoms with van der Waals surface area (Å²) in [6.45, 7) is 0. The second-order valence-corrected chi connectivity index (χ2v) is 3.04. The van der Waals surface area contributed by atoms with E-state index in [1.165, 1.54) is 24.1 Å². The van der Waals surface area contributed by atoms with Gasteiger partial charge in [-0.25, -0.2) is 9.48 Å². The predicted molar refractivity (Wildman–Crippen MR) is 54.9 cm³/mol. The number of aromatic nitrogens is 3. The van der Waals surface area contributed by atoms with Crippen LogP contribution in [0, 0.1) is 0 Å². The Morgan fingerprint density at radius 1 is 1.50 bits per heavy atom. The van der Waals surface area contributed by atoms with Crippen molar-refractivity contribution in [2.75, 3.05) is 7.11 Å². The third-order valence-corrected chi connectivity index (χ3v) is 2.10. The fourth-order valence-corrected chi connectivity index (χ4v) is 1.35. The molecule has 0 amide bonds. The van der Waals surface area contributed by atoms with Crippen molar-refractivity contribution in [3.8, 4) is 11.4 Å². The van der Waals surface area contributed by atoms with Crippen molar-refractivity contribution in [1.82, 2.24) is 15.0 Å². The maximum absolute atomic E-state index is 11.0. The van der Waals surface area contributed by atoms with E-state index in [2.05, 4.69) is 10.3 Å². The van der Waals surface area contributed by atoms with E-state index in [-0.39, 0.29) is 5.56 Å². The van der Waals surface area contributed by atoms with E-state index < -0.39 is 5.97 Å². The molecule has 0 unspecified atom stereocenters. The van der Waals surface area contributed by atoms with Gasteiger partial charge in [0.15, 0.2) is 0 Å². The highest BCUT2D eigenvalue weighted by atomic mass is 16.5. The molecule has 1 aromatic carbocycles. The number of nitrogens with zero attached hydrogens (tertiary/aromatic N) is 3. The molecule has 0 aliphatic rings. The number of rotatable bonds is 3. The average molecular weight is 219 g/mol. The minimum absolute atomic E-state index is 0.145. The van der Waals surface area contributed by atoms with Crippen molar-refractivity contribution in [3.05, 3.63) is 36.2 Å². The van der Waals surface area contributed by atoms with Crippen LogP contribution in [0.1, 0.15) is 10.4 Å². The summed E-state index contributed by atoms with van der Waals surface area (Å²) in [5.41, 5.74) is 0.565. The van der Waals surface area contributed by atoms with Crippen LogP contribution in [0.5, 0.6) is 5.75 Å². The van der Waals surface area contributed by atoms with Crippen LogP contribution in [0.4, 0.5) is 0 Å². The van der Waals surface area contributed by atoms with Crippen molar-refractivity contribution in [2.24, 2.45) is 0 Å². The Kier molecular flexibility index (Phi) is 2.55. The Balaban J connectivity index is 2.59. The highest BCUT2D eigenvalue weighted by molar-refractivity contribution is 5.92. The van der Waals surface area contributed by atoms with Gasteiger partial charge < -0.3 is 9.84 Å². The van der Waals surface area contributed by atoms with Crippen LogP contribution >= 0.6 is 0 Å². The Morgan fingerprint density at radius 2 is 2.31 bits per heavy atom. The third-order valence-electron chi connectivity index (χ3n) is 2.10. The van der Waals surface area contributed by atoms with Gasteiger partial charge in [-0.3, -0.25) is 0 Å². The number of carbonyl (C=O) groups is 1. The quantitative estimate of drug-likeness (QED) is 0.832. The monoisotopic (exact) mass is 219 g/mol. The van der Waals surface area contributed by atoms with Gasteiger partial charge in [0.25, 0.3) is 0 Å². The molecule has 0 saturated carbocycles. The Hall–Kier alpha value is -2.37. The summed E-state index contributed by atoms with van der Waals surface area (Å²) in [4.78, 5) is 11.0. The van der Waals surface area contributed by atoms with Crippen LogP contribution in [-0.4, -0.2) is 33.2 Å². The molecule has 82 valence electrons. The van der Waals surface area contributed by atoms with Crippen LogP contribution < -0.4 is 4.74 Å². The summed E-state index contributed by atoms with van der Waals surface area (Å²) in [5.74, 6) is -0.455. The molecule has 1 heterocycles. The lowest BCUT2D eigenvalue weighted by Gasteiger charge is -2.07. The zero-order chi connectivity index (χ0) is 11.5. The van der Waals surface area contributed by atoms with E-state index in [4.69, 9.17) is 9.84 Å². The number of hydrogen-bond donors (Lipinski definition) is 1. The molecule has 6 nitrogen and oxygen atoms in total. The third kappa shape index (κ3) is 1.72. The molecule has 2 rings (SSSR count). The molecule has 1 N–H and O–H groups in total. The lowest BCUT2D eigenvalue weighted by Crippen LogP contribution is -2.06. The Morgan fingerprint density at radius 3 is 2.88 bits per heavy atom. The Labute approximate surface area is 91.1 Å². The number of hydrogen-bond acceptors (Lipinski definition) is 4. The summed E-state index contributed by atoms with van der Waals surface area (Å²) in [7, 11) is 1.51. The van der Waals surface area contributed by atoms with E-state index in [1.807, 2.05) is 0 Å². The van der Waals surface area contributed by atoms with Crippen molar-refractivity contribution < 1.29 is 14.6 Å². The molecule has 0 spiro atoms. The molecule has 0 aliphatic heterocycles. The van der Waals surface area contributed by atoms with Crippen molar-refractivity contribution >= 4 is 5.97 Å². The second kappa shape index (κ2) is 4.01. The summed E-state index contributed by atoms with van der Waals surface area (Å²) < 4.78 is 6.41. The van der Waals surface area contributed by atoms with Crippen molar-refractivity contribution in [3.63, 3.8) is 0 Å². The van der Waals surface area contributed by atoms with Crippen LogP contribution in [0.2, 0.25) is 0 Å². The van der Waals surface area contributed by atoms with Crippen LogP contribution in [0.3, 0.4) is 0 Å². The van der Waals surface area contributed by atoms with Crippen LogP contribution in [0.15, 0.2) is 30.6 Å². The fourth-order valence-electron chi connectivity index (χ4n) is 1.35. The number of benzene rings is 1. The van der Waals surface area contributed by atoms with Crippen LogP contribution in [0.25, 0.3) is 5.69 Å². The van der Waals surface area contributed by atoms with Gasteiger partial charge >= 0.3 is 5.97 Å². The van der Waals surface area contributed by atoms with Gasteiger partial charge in [-0.1, -0.05) is 5.21 Å². The van der Waals surface area contributed by atoms with Crippen molar-refractivity contribution in [1.29, 1.82) is 0 Å². The van der Waals surface area contributed by atoms with Gasteiger partial charge in [-0.05, 0) is 12.1 Å². The van der Waals surface area contributed by atoms with E-state index in [0.29, 0.717) is 11.4 Å². The lowest BCUT2D eigenvalue weighted by atomic mass is 10.1. The molecular weight excluding hydrogens is 210 g/mol. The molecule has 1 aromatic heterocycles. The molecule has 0 aliphatic carbocycles. The summed E-state index contributed by atoms with van der Waals surface area (Å²) >= 11 is 0. The maximum Gasteiger partial charge on any atom is 0.337 e. The van der Waals surface area contributed by atoms with Gasteiger partial charge in [-0.15, -0.1) is 5.10 Å². The molecule has 2 aromatic rings. The first-order valence-corrected chi connectivity index (χ1v) is 4.50. The highest BCUT2D eigenvalue weighted by Crippen LogP contribution is 2.20. The summed E-state index contributed by atoms with van der Waals surface area (Å²) in [5, 5.41) is 16.4. The summed E-state index contributed by atoms with van der Waals surface area (Å²) in [6.07, 6.45) is 3.05. The van der Waals surface area contributed by atoms with Gasteiger partial charge in [0, 0.05) is 6.07 Å². The molecule has 0 radical (unpaired) electrons. The zero-order valence-electron chi connectivity index (χ0n) is 8.49. The van der Waals surface area contributed by atoms with Gasteiger partial charge in [0.1, 0.15) is 5.75 Å². The molecule has 0 saturated heterocycles. The highest BCUT2D eigenvalue weighted by Gasteiger charge is 2.13. The molecule has 0 atom stereocenters. The number of aromatic carboxylic acids is 1. The number of ether oxygens (including phenoxy) is 1. The number of carboxylic acids is 1. The first kappa shape index (κ1) is 10.2. The van der Waals surface area contributed by atoms with Gasteiger partial charge in [-0.2, -0.15) is 0 Å².